The third-order valence-corrected chi connectivity index (χ3v) is 3.19. The Kier molecular flexibility index (Phi) is 3.05. The lowest BCUT2D eigenvalue weighted by Crippen LogP contribution is -2.18. The number of nitrogens with one attached hydrogen (secondary N) is 1. The van der Waals surface area contributed by atoms with Gasteiger partial charge in [0.05, 0.1) is 5.69 Å². The molecule has 0 aromatic carbocycles. The molecule has 16 heavy (non-hydrogen) atoms. The average Bonchev–Trinajstić information content (AvgIpc) is 3.02. The van der Waals surface area contributed by atoms with Gasteiger partial charge in [0.1, 0.15) is 6.33 Å². The first kappa shape index (κ1) is 11.3. The van der Waals surface area contributed by atoms with Crippen LogP contribution in [0.3, 0.4) is 0 Å². The number of nitrogens with zero attached hydrogens (tertiary/aromatic N) is 2. The van der Waals surface area contributed by atoms with Gasteiger partial charge < -0.3 is 10.4 Å². The molecule has 1 aromatic rings. The molecule has 1 aliphatic carbocycles. The standard InChI is InChI=1S/C11H16FN3O/c1-8-9(12)10(15-7-14-8)13-6-11(2-3-11)4-5-16/h7,16H,2-6H2,1H3,(H,13,14,15). The molecule has 1 aromatic heterocycles. The van der Waals surface area contributed by atoms with E-state index in [4.69, 9.17) is 5.11 Å². The molecule has 2 rings (SSSR count). The first-order valence-corrected chi connectivity index (χ1v) is 5.49. The van der Waals surface area contributed by atoms with E-state index in [1.54, 1.807) is 6.92 Å². The van der Waals surface area contributed by atoms with Crippen LogP contribution in [-0.4, -0.2) is 28.2 Å². The van der Waals surface area contributed by atoms with Crippen LogP contribution < -0.4 is 5.32 Å². The van der Waals surface area contributed by atoms with Crippen LogP contribution in [0.5, 0.6) is 0 Å². The van der Waals surface area contributed by atoms with Gasteiger partial charge in [-0.25, -0.2) is 14.4 Å². The topological polar surface area (TPSA) is 58.0 Å². The van der Waals surface area contributed by atoms with Crippen molar-refractivity contribution in [3.63, 3.8) is 0 Å². The summed E-state index contributed by atoms with van der Waals surface area (Å²) in [6, 6.07) is 0. The predicted molar refractivity (Wildman–Crippen MR) is 58.6 cm³/mol. The molecular weight excluding hydrogens is 209 g/mol. The molecule has 1 aliphatic rings. The maximum Gasteiger partial charge on any atom is 0.186 e. The quantitative estimate of drug-likeness (QED) is 0.797. The maximum absolute atomic E-state index is 13.5. The summed E-state index contributed by atoms with van der Waals surface area (Å²) in [5.41, 5.74) is 0.504. The molecule has 1 fully saturated rings. The zero-order chi connectivity index (χ0) is 11.6. The molecule has 0 bridgehead atoms. The SMILES string of the molecule is Cc1ncnc(NCC2(CCO)CC2)c1F. The largest absolute Gasteiger partial charge is 0.396 e. The van der Waals surface area contributed by atoms with Gasteiger partial charge in [-0.05, 0) is 31.6 Å². The van der Waals surface area contributed by atoms with E-state index in [9.17, 15) is 4.39 Å². The zero-order valence-corrected chi connectivity index (χ0v) is 9.33. The van der Waals surface area contributed by atoms with Crippen molar-refractivity contribution < 1.29 is 9.50 Å². The summed E-state index contributed by atoms with van der Waals surface area (Å²) in [6.45, 7) is 2.47. The third-order valence-electron chi connectivity index (χ3n) is 3.19. The highest BCUT2D eigenvalue weighted by Crippen LogP contribution is 2.48. The van der Waals surface area contributed by atoms with Crippen LogP contribution in [0.4, 0.5) is 10.2 Å². The first-order chi connectivity index (χ1) is 7.67. The first-order valence-electron chi connectivity index (χ1n) is 5.49. The number of aromatic nitrogens is 2. The second kappa shape index (κ2) is 4.33. The molecular formula is C11H16FN3O. The molecule has 4 nitrogen and oxygen atoms in total. The fourth-order valence-electron chi connectivity index (χ4n) is 1.78. The van der Waals surface area contributed by atoms with E-state index in [1.165, 1.54) is 6.33 Å². The van der Waals surface area contributed by atoms with Crippen molar-refractivity contribution in [1.82, 2.24) is 9.97 Å². The molecule has 0 saturated heterocycles. The minimum atomic E-state index is -0.387. The van der Waals surface area contributed by atoms with Crippen molar-refractivity contribution >= 4 is 5.82 Å². The second-order valence-corrected chi connectivity index (χ2v) is 4.45. The van der Waals surface area contributed by atoms with Crippen LogP contribution in [0, 0.1) is 18.2 Å². The van der Waals surface area contributed by atoms with Crippen molar-refractivity contribution in [3.05, 3.63) is 17.8 Å². The minimum absolute atomic E-state index is 0.153. The molecule has 0 spiro atoms. The van der Waals surface area contributed by atoms with Crippen LogP contribution in [0.25, 0.3) is 0 Å². The van der Waals surface area contributed by atoms with E-state index in [-0.39, 0.29) is 23.7 Å². The van der Waals surface area contributed by atoms with E-state index >= 15 is 0 Å². The summed E-state index contributed by atoms with van der Waals surface area (Å²) < 4.78 is 13.5. The van der Waals surface area contributed by atoms with Gasteiger partial charge in [-0.3, -0.25) is 0 Å². The van der Waals surface area contributed by atoms with Gasteiger partial charge in [-0.1, -0.05) is 0 Å². The Labute approximate surface area is 93.9 Å². The Bertz CT molecular complexity index is 379. The lowest BCUT2D eigenvalue weighted by Gasteiger charge is -2.15. The van der Waals surface area contributed by atoms with Crippen LogP contribution in [0.2, 0.25) is 0 Å². The fourth-order valence-corrected chi connectivity index (χ4v) is 1.78. The smallest absolute Gasteiger partial charge is 0.186 e. The van der Waals surface area contributed by atoms with Crippen molar-refractivity contribution in [2.24, 2.45) is 5.41 Å². The molecule has 0 atom stereocenters. The summed E-state index contributed by atoms with van der Waals surface area (Å²) in [5, 5.41) is 11.9. The number of anilines is 1. The van der Waals surface area contributed by atoms with E-state index in [2.05, 4.69) is 15.3 Å². The predicted octanol–water partition coefficient (Wildman–Crippen LogP) is 1.50. The number of rotatable bonds is 5. The summed E-state index contributed by atoms with van der Waals surface area (Å²) in [5.74, 6) is -0.126. The van der Waals surface area contributed by atoms with Gasteiger partial charge in [-0.15, -0.1) is 0 Å². The fraction of sp³-hybridized carbons (Fsp3) is 0.636. The third kappa shape index (κ3) is 2.29. The molecule has 1 heterocycles. The molecule has 0 unspecified atom stereocenters. The average molecular weight is 225 g/mol. The van der Waals surface area contributed by atoms with Crippen LogP contribution in [-0.2, 0) is 0 Å². The van der Waals surface area contributed by atoms with Crippen LogP contribution >= 0.6 is 0 Å². The number of aliphatic hydroxyl groups is 1. The van der Waals surface area contributed by atoms with Gasteiger partial charge in [0.2, 0.25) is 0 Å². The molecule has 0 radical (unpaired) electrons. The summed E-state index contributed by atoms with van der Waals surface area (Å²) >= 11 is 0. The number of halogens is 1. The molecule has 5 heteroatoms. The Morgan fingerprint density at radius 2 is 2.25 bits per heavy atom. The van der Waals surface area contributed by atoms with E-state index in [0.29, 0.717) is 12.2 Å². The zero-order valence-electron chi connectivity index (χ0n) is 9.33. The Morgan fingerprint density at radius 3 is 2.88 bits per heavy atom. The Morgan fingerprint density at radius 1 is 1.50 bits per heavy atom. The van der Waals surface area contributed by atoms with Crippen molar-refractivity contribution in [3.8, 4) is 0 Å². The van der Waals surface area contributed by atoms with E-state index < -0.39 is 0 Å². The Hall–Kier alpha value is -1.23. The summed E-state index contributed by atoms with van der Waals surface area (Å²) in [7, 11) is 0. The lowest BCUT2D eigenvalue weighted by molar-refractivity contribution is 0.253. The molecule has 2 N–H and O–H groups in total. The highest BCUT2D eigenvalue weighted by molar-refractivity contribution is 5.37. The van der Waals surface area contributed by atoms with E-state index in [1.807, 2.05) is 0 Å². The summed E-state index contributed by atoms with van der Waals surface area (Å²) in [4.78, 5) is 7.64. The van der Waals surface area contributed by atoms with Gasteiger partial charge >= 0.3 is 0 Å². The van der Waals surface area contributed by atoms with Crippen LogP contribution in [0.1, 0.15) is 25.0 Å². The maximum atomic E-state index is 13.5. The lowest BCUT2D eigenvalue weighted by atomic mass is 10.0. The highest BCUT2D eigenvalue weighted by atomic mass is 19.1. The van der Waals surface area contributed by atoms with Crippen molar-refractivity contribution in [2.45, 2.75) is 26.2 Å². The van der Waals surface area contributed by atoms with Crippen molar-refractivity contribution in [2.75, 3.05) is 18.5 Å². The van der Waals surface area contributed by atoms with Gasteiger partial charge in [0.25, 0.3) is 0 Å². The minimum Gasteiger partial charge on any atom is -0.396 e. The monoisotopic (exact) mass is 225 g/mol. The number of hydrogen-bond acceptors (Lipinski definition) is 4. The number of hydrogen-bond donors (Lipinski definition) is 2. The number of aliphatic hydroxyl groups excluding tert-OH is 1. The second-order valence-electron chi connectivity index (χ2n) is 4.45. The van der Waals surface area contributed by atoms with Gasteiger partial charge in [-0.2, -0.15) is 0 Å². The van der Waals surface area contributed by atoms with E-state index in [0.717, 1.165) is 19.3 Å². The van der Waals surface area contributed by atoms with Crippen molar-refractivity contribution in [1.29, 1.82) is 0 Å². The Balaban J connectivity index is 1.97. The molecule has 88 valence electrons. The molecule has 0 aliphatic heterocycles. The van der Waals surface area contributed by atoms with Gasteiger partial charge in [0, 0.05) is 13.2 Å². The molecule has 0 amide bonds. The highest BCUT2D eigenvalue weighted by Gasteiger charge is 2.41. The molecule has 1 saturated carbocycles. The van der Waals surface area contributed by atoms with Crippen LogP contribution in [0.15, 0.2) is 6.33 Å². The summed E-state index contributed by atoms with van der Waals surface area (Å²) in [6.07, 6.45) is 4.30. The number of aryl methyl sites for hydroxylation is 1. The normalized spacial score (nSPS) is 17.2. The van der Waals surface area contributed by atoms with Gasteiger partial charge in [0.15, 0.2) is 11.6 Å².